The number of amides is 2. The summed E-state index contributed by atoms with van der Waals surface area (Å²) in [5, 5.41) is 17.4. The Morgan fingerprint density at radius 3 is 2.79 bits per heavy atom. The number of aliphatic hydroxyl groups is 1. The standard InChI is InChI=1S/C15H20ClN5O3/c1-8(2)14(24)21-15-19-12(16)11(17-7-23)13(20-15)18-10-4-3-9(5-10)6-22/h3-4,7-10,22H,5-6H2,1-2H3,(H,17,23)(H2,18,19,20,21,24)/t9-,10+/m0/s1. The quantitative estimate of drug-likeness (QED) is 0.336. The molecule has 0 aromatic carbocycles. The smallest absolute Gasteiger partial charge is 0.232 e. The van der Waals surface area contributed by atoms with E-state index in [1.807, 2.05) is 12.2 Å². The van der Waals surface area contributed by atoms with Crippen molar-refractivity contribution in [1.29, 1.82) is 0 Å². The van der Waals surface area contributed by atoms with E-state index in [0.29, 0.717) is 18.6 Å². The number of carbonyl (C=O) groups excluding carboxylic acids is 2. The number of carbonyl (C=O) groups is 2. The first kappa shape index (κ1) is 18.2. The fraction of sp³-hybridized carbons (Fsp3) is 0.467. The molecule has 0 fully saturated rings. The Bertz CT molecular complexity index is 650. The first-order chi connectivity index (χ1) is 11.4. The van der Waals surface area contributed by atoms with Crippen molar-refractivity contribution in [2.24, 2.45) is 11.8 Å². The first-order valence-electron chi connectivity index (χ1n) is 7.58. The number of nitrogens with one attached hydrogen (secondary N) is 3. The molecule has 4 N–H and O–H groups in total. The highest BCUT2D eigenvalue weighted by Gasteiger charge is 2.22. The highest BCUT2D eigenvalue weighted by molar-refractivity contribution is 6.33. The molecule has 1 aromatic rings. The summed E-state index contributed by atoms with van der Waals surface area (Å²) in [5.41, 5.74) is 0.232. The lowest BCUT2D eigenvalue weighted by Crippen LogP contribution is -2.22. The maximum absolute atomic E-state index is 11.8. The van der Waals surface area contributed by atoms with E-state index in [4.69, 9.17) is 11.6 Å². The SMILES string of the molecule is CC(C)C(=O)Nc1nc(Cl)c(NC=O)c(N[C@@H]2C=C[C@H](CO)C2)n1. The zero-order chi connectivity index (χ0) is 17.7. The van der Waals surface area contributed by atoms with Crippen molar-refractivity contribution in [1.82, 2.24) is 9.97 Å². The molecule has 0 unspecified atom stereocenters. The van der Waals surface area contributed by atoms with Crippen LogP contribution in [-0.2, 0) is 9.59 Å². The second kappa shape index (κ2) is 8.07. The van der Waals surface area contributed by atoms with E-state index in [-0.39, 0.29) is 47.2 Å². The summed E-state index contributed by atoms with van der Waals surface area (Å²) in [4.78, 5) is 30.8. The van der Waals surface area contributed by atoms with E-state index in [2.05, 4.69) is 25.9 Å². The predicted molar refractivity (Wildman–Crippen MR) is 91.9 cm³/mol. The van der Waals surface area contributed by atoms with Crippen LogP contribution in [-0.4, -0.2) is 40.0 Å². The fourth-order valence-corrected chi connectivity index (χ4v) is 2.45. The van der Waals surface area contributed by atoms with Gasteiger partial charge in [-0.05, 0) is 6.42 Å². The highest BCUT2D eigenvalue weighted by Crippen LogP contribution is 2.30. The van der Waals surface area contributed by atoms with Crippen molar-refractivity contribution >= 4 is 41.4 Å². The predicted octanol–water partition coefficient (Wildman–Crippen LogP) is 1.64. The van der Waals surface area contributed by atoms with Crippen molar-refractivity contribution in [2.75, 3.05) is 22.6 Å². The van der Waals surface area contributed by atoms with Crippen molar-refractivity contribution < 1.29 is 14.7 Å². The molecule has 1 aliphatic carbocycles. The molecule has 8 nitrogen and oxygen atoms in total. The molecular weight excluding hydrogens is 334 g/mol. The number of anilines is 3. The minimum absolute atomic E-state index is 0.0133. The third-order valence-corrected chi connectivity index (χ3v) is 3.83. The number of aromatic nitrogens is 2. The van der Waals surface area contributed by atoms with Crippen LogP contribution in [0.3, 0.4) is 0 Å². The van der Waals surface area contributed by atoms with Crippen LogP contribution in [0, 0.1) is 11.8 Å². The molecule has 0 spiro atoms. The van der Waals surface area contributed by atoms with E-state index in [9.17, 15) is 14.7 Å². The monoisotopic (exact) mass is 353 g/mol. The maximum Gasteiger partial charge on any atom is 0.232 e. The Kier molecular flexibility index (Phi) is 6.10. The minimum Gasteiger partial charge on any atom is -0.396 e. The van der Waals surface area contributed by atoms with Gasteiger partial charge in [0.15, 0.2) is 11.0 Å². The summed E-state index contributed by atoms with van der Waals surface area (Å²) >= 11 is 6.10. The summed E-state index contributed by atoms with van der Waals surface area (Å²) in [5.74, 6) is -0.0519. The maximum atomic E-state index is 11.8. The molecule has 9 heteroatoms. The number of aliphatic hydroxyl groups excluding tert-OH is 1. The summed E-state index contributed by atoms with van der Waals surface area (Å²) in [6, 6.07) is -0.0750. The van der Waals surface area contributed by atoms with Gasteiger partial charge in [0.05, 0.1) is 0 Å². The van der Waals surface area contributed by atoms with E-state index < -0.39 is 0 Å². The van der Waals surface area contributed by atoms with E-state index in [1.165, 1.54) is 0 Å². The summed E-state index contributed by atoms with van der Waals surface area (Å²) in [6.45, 7) is 3.56. The van der Waals surface area contributed by atoms with Crippen molar-refractivity contribution in [3.8, 4) is 0 Å². The average molecular weight is 354 g/mol. The van der Waals surface area contributed by atoms with Gasteiger partial charge < -0.3 is 15.7 Å². The van der Waals surface area contributed by atoms with Gasteiger partial charge >= 0.3 is 0 Å². The lowest BCUT2D eigenvalue weighted by Gasteiger charge is -2.17. The number of hydrogen-bond donors (Lipinski definition) is 4. The number of nitrogens with zero attached hydrogens (tertiary/aromatic N) is 2. The topological polar surface area (TPSA) is 116 Å². The van der Waals surface area contributed by atoms with Gasteiger partial charge in [-0.25, -0.2) is 0 Å². The van der Waals surface area contributed by atoms with Gasteiger partial charge in [0, 0.05) is 24.5 Å². The summed E-state index contributed by atoms with van der Waals surface area (Å²) in [6.07, 6.45) is 4.98. The van der Waals surface area contributed by atoms with Crippen molar-refractivity contribution in [3.05, 3.63) is 17.3 Å². The Hall–Kier alpha value is -2.19. The molecule has 1 aliphatic rings. The Morgan fingerprint density at radius 2 is 2.21 bits per heavy atom. The van der Waals surface area contributed by atoms with Gasteiger partial charge in [0.25, 0.3) is 0 Å². The second-order valence-corrected chi connectivity index (χ2v) is 6.14. The zero-order valence-electron chi connectivity index (χ0n) is 13.4. The average Bonchev–Trinajstić information content (AvgIpc) is 2.98. The molecule has 2 amide bonds. The van der Waals surface area contributed by atoms with Crippen molar-refractivity contribution in [3.63, 3.8) is 0 Å². The van der Waals surface area contributed by atoms with Gasteiger partial charge in [0.1, 0.15) is 5.69 Å². The van der Waals surface area contributed by atoms with E-state index in [1.54, 1.807) is 13.8 Å². The van der Waals surface area contributed by atoms with Crippen LogP contribution in [0.25, 0.3) is 0 Å². The minimum atomic E-state index is -0.241. The van der Waals surface area contributed by atoms with Gasteiger partial charge in [0.2, 0.25) is 18.3 Å². The molecule has 0 bridgehead atoms. The normalized spacial score (nSPS) is 19.4. The van der Waals surface area contributed by atoms with Crippen LogP contribution in [0.15, 0.2) is 12.2 Å². The molecular formula is C15H20ClN5O3. The summed E-state index contributed by atoms with van der Waals surface area (Å²) in [7, 11) is 0. The van der Waals surface area contributed by atoms with Gasteiger partial charge in [-0.3, -0.25) is 14.9 Å². The molecule has 1 aromatic heterocycles. The van der Waals surface area contributed by atoms with Crippen LogP contribution >= 0.6 is 11.6 Å². The molecule has 2 rings (SSSR count). The van der Waals surface area contributed by atoms with Crippen LogP contribution in [0.4, 0.5) is 17.5 Å². The lowest BCUT2D eigenvalue weighted by atomic mass is 10.1. The largest absolute Gasteiger partial charge is 0.396 e. The van der Waals surface area contributed by atoms with Gasteiger partial charge in [-0.2, -0.15) is 9.97 Å². The second-order valence-electron chi connectivity index (χ2n) is 5.78. The van der Waals surface area contributed by atoms with Gasteiger partial charge in [-0.1, -0.05) is 37.6 Å². The molecule has 0 saturated carbocycles. The third kappa shape index (κ3) is 4.42. The van der Waals surface area contributed by atoms with Crippen LogP contribution < -0.4 is 16.0 Å². The summed E-state index contributed by atoms with van der Waals surface area (Å²) < 4.78 is 0. The van der Waals surface area contributed by atoms with Crippen molar-refractivity contribution in [2.45, 2.75) is 26.3 Å². The highest BCUT2D eigenvalue weighted by atomic mass is 35.5. The molecule has 2 atom stereocenters. The fourth-order valence-electron chi connectivity index (χ4n) is 2.23. The Morgan fingerprint density at radius 1 is 1.46 bits per heavy atom. The first-order valence-corrected chi connectivity index (χ1v) is 7.96. The van der Waals surface area contributed by atoms with Crippen LogP contribution in [0.5, 0.6) is 0 Å². The third-order valence-electron chi connectivity index (χ3n) is 3.56. The lowest BCUT2D eigenvalue weighted by molar-refractivity contribution is -0.119. The Balaban J connectivity index is 2.25. The molecule has 24 heavy (non-hydrogen) atoms. The molecule has 1 heterocycles. The van der Waals surface area contributed by atoms with E-state index >= 15 is 0 Å². The molecule has 0 saturated heterocycles. The van der Waals surface area contributed by atoms with E-state index in [0.717, 1.165) is 0 Å². The van der Waals surface area contributed by atoms with Crippen LogP contribution in [0.1, 0.15) is 20.3 Å². The number of rotatable bonds is 7. The zero-order valence-corrected chi connectivity index (χ0v) is 14.2. The molecule has 0 radical (unpaired) electrons. The van der Waals surface area contributed by atoms with Gasteiger partial charge in [-0.15, -0.1) is 0 Å². The Labute approximate surface area is 144 Å². The number of hydrogen-bond acceptors (Lipinski definition) is 6. The van der Waals surface area contributed by atoms with Crippen LogP contribution in [0.2, 0.25) is 5.15 Å². The molecule has 130 valence electrons. The number of halogens is 1. The molecule has 0 aliphatic heterocycles.